The predicted molar refractivity (Wildman–Crippen MR) is 138 cm³/mol. The molecule has 0 aliphatic carbocycles. The molecule has 2 N–H and O–H groups in total. The second-order valence-electron chi connectivity index (χ2n) is 8.79. The third-order valence-corrected chi connectivity index (χ3v) is 6.72. The van der Waals surface area contributed by atoms with Crippen molar-refractivity contribution in [3.05, 3.63) is 47.5 Å². The smallest absolute Gasteiger partial charge is 0.415 e. The molecule has 0 spiro atoms. The number of benzene rings is 2. The van der Waals surface area contributed by atoms with Crippen molar-refractivity contribution in [3.8, 4) is 46.2 Å². The van der Waals surface area contributed by atoms with E-state index in [2.05, 4.69) is 16.3 Å². The van der Waals surface area contributed by atoms with Crippen molar-refractivity contribution in [2.24, 2.45) is 5.92 Å². The van der Waals surface area contributed by atoms with E-state index in [4.69, 9.17) is 33.8 Å². The highest BCUT2D eigenvalue weighted by Crippen LogP contribution is 2.50. The summed E-state index contributed by atoms with van der Waals surface area (Å²) in [6, 6.07) is 12.7. The van der Waals surface area contributed by atoms with Crippen molar-refractivity contribution >= 4 is 12.0 Å². The van der Waals surface area contributed by atoms with Crippen LogP contribution >= 0.6 is 0 Å². The summed E-state index contributed by atoms with van der Waals surface area (Å²) < 4.78 is 33.3. The third kappa shape index (κ3) is 4.68. The number of H-pyrrole nitrogens is 1. The monoisotopic (exact) mass is 533 g/mol. The van der Waals surface area contributed by atoms with E-state index in [0.717, 1.165) is 0 Å². The number of nitrogens with one attached hydrogen (secondary N) is 2. The first-order valence-electron chi connectivity index (χ1n) is 12.2. The highest BCUT2D eigenvalue weighted by atomic mass is 16.6. The molecule has 5 rings (SSSR count). The SMILES string of the molecule is COc1cc(-c2[nH]nc3c2C(c2ccccc2OC(=O)N2CCOCC2)C(C#N)C(=N)O3)cc(OC)c1OC. The molecule has 0 bridgehead atoms. The number of hydrogen-bond acceptors (Lipinski definition) is 10. The average Bonchev–Trinajstić information content (AvgIpc) is 3.39. The van der Waals surface area contributed by atoms with Gasteiger partial charge in [-0.05, 0) is 18.2 Å². The first kappa shape index (κ1) is 25.9. The zero-order valence-corrected chi connectivity index (χ0v) is 21.6. The van der Waals surface area contributed by atoms with E-state index in [-0.39, 0.29) is 17.5 Å². The number of methoxy groups -OCH3 is 3. The molecule has 1 fully saturated rings. The first-order valence-corrected chi connectivity index (χ1v) is 12.2. The average molecular weight is 534 g/mol. The largest absolute Gasteiger partial charge is 0.493 e. The highest BCUT2D eigenvalue weighted by molar-refractivity contribution is 5.87. The summed E-state index contributed by atoms with van der Waals surface area (Å²) in [5.74, 6) is -0.326. The number of para-hydroxylation sites is 1. The molecule has 1 saturated heterocycles. The quantitative estimate of drug-likeness (QED) is 0.484. The number of rotatable bonds is 6. The highest BCUT2D eigenvalue weighted by Gasteiger charge is 2.42. The van der Waals surface area contributed by atoms with Crippen molar-refractivity contribution in [2.75, 3.05) is 47.6 Å². The Morgan fingerprint density at radius 2 is 1.79 bits per heavy atom. The number of carbonyl (C=O) groups is 1. The molecule has 12 heteroatoms. The molecule has 3 heterocycles. The number of fused-ring (bicyclic) bond motifs is 1. The minimum atomic E-state index is -1.01. The fraction of sp³-hybridized carbons (Fsp3) is 0.333. The van der Waals surface area contributed by atoms with Crippen LogP contribution in [0.15, 0.2) is 36.4 Å². The van der Waals surface area contributed by atoms with E-state index in [1.165, 1.54) is 21.3 Å². The summed E-state index contributed by atoms with van der Waals surface area (Å²) >= 11 is 0. The van der Waals surface area contributed by atoms with Gasteiger partial charge in [0.15, 0.2) is 11.5 Å². The van der Waals surface area contributed by atoms with Gasteiger partial charge in [-0.25, -0.2) is 4.79 Å². The maximum Gasteiger partial charge on any atom is 0.415 e. The Morgan fingerprint density at radius 1 is 1.10 bits per heavy atom. The van der Waals surface area contributed by atoms with Crippen molar-refractivity contribution in [1.82, 2.24) is 15.1 Å². The predicted octanol–water partition coefficient (Wildman–Crippen LogP) is 3.57. The lowest BCUT2D eigenvalue weighted by atomic mass is 9.78. The summed E-state index contributed by atoms with van der Waals surface area (Å²) in [6.07, 6.45) is -0.515. The number of morpholine rings is 1. The van der Waals surface area contributed by atoms with E-state index in [1.807, 2.05) is 0 Å². The number of aromatic amines is 1. The van der Waals surface area contributed by atoms with Crippen molar-refractivity contribution < 1.29 is 33.2 Å². The maximum absolute atomic E-state index is 13.0. The number of hydrogen-bond donors (Lipinski definition) is 2. The molecule has 2 aliphatic rings. The zero-order chi connectivity index (χ0) is 27.5. The topological polar surface area (TPSA) is 152 Å². The minimum absolute atomic E-state index is 0.148. The molecule has 202 valence electrons. The Kier molecular flexibility index (Phi) is 7.25. The molecule has 0 saturated carbocycles. The number of nitrogens with zero attached hydrogens (tertiary/aromatic N) is 3. The molecule has 3 aromatic rings. The van der Waals surface area contributed by atoms with Crippen molar-refractivity contribution in [3.63, 3.8) is 0 Å². The Balaban J connectivity index is 1.63. The summed E-state index contributed by atoms with van der Waals surface area (Å²) in [5, 5.41) is 25.9. The Bertz CT molecular complexity index is 1420. The second kappa shape index (κ2) is 10.9. The number of nitriles is 1. The number of ether oxygens (including phenoxy) is 6. The lowest BCUT2D eigenvalue weighted by molar-refractivity contribution is 0.0415. The van der Waals surface area contributed by atoms with Gasteiger partial charge < -0.3 is 33.3 Å². The summed E-state index contributed by atoms with van der Waals surface area (Å²) in [7, 11) is 4.54. The molecule has 2 aliphatic heterocycles. The van der Waals surface area contributed by atoms with Crippen LogP contribution in [0.1, 0.15) is 17.0 Å². The van der Waals surface area contributed by atoms with Gasteiger partial charge in [-0.3, -0.25) is 10.5 Å². The van der Waals surface area contributed by atoms with Crippen LogP contribution in [0, 0.1) is 22.7 Å². The molecule has 2 unspecified atom stereocenters. The van der Waals surface area contributed by atoms with Gasteiger partial charge in [-0.1, -0.05) is 18.2 Å². The fourth-order valence-corrected chi connectivity index (χ4v) is 4.83. The Hall–Kier alpha value is -4.76. The normalized spacial score (nSPS) is 18.4. The standard InChI is InChI=1S/C27H27N5O7/c1-34-19-12-15(13-20(35-2)24(19)36-3)23-22-21(17(14-28)25(29)39-26(22)31-30-23)16-6-4-5-7-18(16)38-27(33)32-8-10-37-11-9-32/h4-7,12-13,17,21,29H,8-11H2,1-3H3,(H,30,31). The van der Waals surface area contributed by atoms with Crippen LogP contribution in [0.25, 0.3) is 11.3 Å². The van der Waals surface area contributed by atoms with E-state index in [9.17, 15) is 10.1 Å². The summed E-state index contributed by atoms with van der Waals surface area (Å²) in [4.78, 5) is 14.5. The molecule has 1 amide bonds. The minimum Gasteiger partial charge on any atom is -0.493 e. The van der Waals surface area contributed by atoms with Gasteiger partial charge in [0.05, 0.1) is 51.9 Å². The molecular weight excluding hydrogens is 506 g/mol. The van der Waals surface area contributed by atoms with Crippen LogP contribution < -0.4 is 23.7 Å². The molecule has 1 aromatic heterocycles. The van der Waals surface area contributed by atoms with Crippen LogP contribution in [0.4, 0.5) is 4.79 Å². The Morgan fingerprint density at radius 3 is 2.44 bits per heavy atom. The molecule has 2 atom stereocenters. The van der Waals surface area contributed by atoms with Gasteiger partial charge in [0.1, 0.15) is 11.7 Å². The lowest BCUT2D eigenvalue weighted by Gasteiger charge is -2.30. The van der Waals surface area contributed by atoms with Gasteiger partial charge in [-0.2, -0.15) is 5.26 Å². The fourth-order valence-electron chi connectivity index (χ4n) is 4.83. The lowest BCUT2D eigenvalue weighted by Crippen LogP contribution is -2.42. The van der Waals surface area contributed by atoms with E-state index < -0.39 is 17.9 Å². The van der Waals surface area contributed by atoms with Gasteiger partial charge in [0.2, 0.25) is 17.5 Å². The van der Waals surface area contributed by atoms with Crippen LogP contribution in [0.3, 0.4) is 0 Å². The van der Waals surface area contributed by atoms with Crippen LogP contribution in [0.2, 0.25) is 0 Å². The number of aromatic nitrogens is 2. The molecule has 0 radical (unpaired) electrons. The van der Waals surface area contributed by atoms with Gasteiger partial charge >= 0.3 is 6.09 Å². The van der Waals surface area contributed by atoms with Crippen molar-refractivity contribution in [2.45, 2.75) is 5.92 Å². The molecule has 12 nitrogen and oxygen atoms in total. The number of amides is 1. The van der Waals surface area contributed by atoms with Gasteiger partial charge in [-0.15, -0.1) is 5.10 Å². The summed E-state index contributed by atoms with van der Waals surface area (Å²) in [5.41, 5.74) is 2.22. The van der Waals surface area contributed by atoms with Crippen LogP contribution in [-0.2, 0) is 4.74 Å². The number of carbonyl (C=O) groups excluding carboxylic acids is 1. The second-order valence-corrected chi connectivity index (χ2v) is 8.79. The van der Waals surface area contributed by atoms with Crippen LogP contribution in [-0.4, -0.2) is 74.7 Å². The van der Waals surface area contributed by atoms with E-state index in [0.29, 0.717) is 65.9 Å². The zero-order valence-electron chi connectivity index (χ0n) is 21.6. The van der Waals surface area contributed by atoms with Gasteiger partial charge in [0.25, 0.3) is 0 Å². The van der Waals surface area contributed by atoms with E-state index in [1.54, 1.807) is 41.3 Å². The third-order valence-electron chi connectivity index (χ3n) is 6.72. The molecule has 39 heavy (non-hydrogen) atoms. The van der Waals surface area contributed by atoms with Gasteiger partial charge in [0, 0.05) is 30.1 Å². The Labute approximate surface area is 224 Å². The van der Waals surface area contributed by atoms with Crippen molar-refractivity contribution in [1.29, 1.82) is 10.7 Å². The maximum atomic E-state index is 13.0. The molecular formula is C27H27N5O7. The summed E-state index contributed by atoms with van der Waals surface area (Å²) in [6.45, 7) is 1.70. The molecule has 2 aromatic carbocycles. The van der Waals surface area contributed by atoms with E-state index >= 15 is 0 Å². The van der Waals surface area contributed by atoms with Crippen LogP contribution in [0.5, 0.6) is 28.9 Å². The first-order chi connectivity index (χ1) is 19.0.